The highest BCUT2D eigenvalue weighted by atomic mass is 32.1. The Balaban J connectivity index is 0.000000146. The molecule has 0 aliphatic rings. The van der Waals surface area contributed by atoms with Crippen molar-refractivity contribution in [2.75, 3.05) is 0 Å². The third-order valence-corrected chi connectivity index (χ3v) is 13.0. The average Bonchev–Trinajstić information content (AvgIpc) is 3.97. The van der Waals surface area contributed by atoms with E-state index in [0.717, 1.165) is 33.4 Å². The molecule has 0 amide bonds. The van der Waals surface area contributed by atoms with Gasteiger partial charge < -0.3 is 0 Å². The standard InChI is InChI=1S/2C27H17N3S.C2H6/c2*1-3-10-18(11-4-1)25-28-26(19-12-5-2-6-13-19)30-27(29-25)21-15-9-17-23-24(21)20-14-7-8-16-22(20)31-23;1-2/h2*1-17H;1-2H3. The lowest BCUT2D eigenvalue weighted by molar-refractivity contribution is 1.08. The van der Waals surface area contributed by atoms with Gasteiger partial charge in [-0.3, -0.25) is 0 Å². The summed E-state index contributed by atoms with van der Waals surface area (Å²) in [5.41, 5.74) is 5.98. The zero-order valence-corrected chi connectivity index (χ0v) is 36.8. The van der Waals surface area contributed by atoms with Gasteiger partial charge in [-0.15, -0.1) is 22.7 Å². The van der Waals surface area contributed by atoms with Crippen LogP contribution in [0.15, 0.2) is 206 Å². The summed E-state index contributed by atoms with van der Waals surface area (Å²) in [7, 11) is 0. The Labute approximate surface area is 379 Å². The highest BCUT2D eigenvalue weighted by Crippen LogP contribution is 2.41. The summed E-state index contributed by atoms with van der Waals surface area (Å²) >= 11 is 3.60. The Morgan fingerprint density at radius 3 is 0.844 bits per heavy atom. The zero-order valence-electron chi connectivity index (χ0n) is 35.1. The molecular weight excluding hydrogens is 821 g/mol. The molecule has 0 N–H and O–H groups in total. The number of hydrogen-bond acceptors (Lipinski definition) is 8. The molecule has 4 heterocycles. The molecule has 306 valence electrons. The van der Waals surface area contributed by atoms with Crippen LogP contribution in [0.5, 0.6) is 0 Å². The molecule has 0 aliphatic heterocycles. The van der Waals surface area contributed by atoms with Gasteiger partial charge in [0.1, 0.15) is 0 Å². The number of hydrogen-bond donors (Lipinski definition) is 0. The normalized spacial score (nSPS) is 11.0. The molecular formula is C56H40N6S2. The average molecular weight is 861 g/mol. The van der Waals surface area contributed by atoms with E-state index < -0.39 is 0 Å². The first kappa shape index (κ1) is 40.3. The molecule has 0 saturated heterocycles. The first-order chi connectivity index (χ1) is 31.7. The van der Waals surface area contributed by atoms with Crippen LogP contribution >= 0.6 is 22.7 Å². The molecule has 0 radical (unpaired) electrons. The van der Waals surface area contributed by atoms with E-state index in [2.05, 4.69) is 84.9 Å². The molecule has 12 rings (SSSR count). The van der Waals surface area contributed by atoms with Crippen molar-refractivity contribution < 1.29 is 0 Å². The lowest BCUT2D eigenvalue weighted by atomic mass is 10.1. The molecule has 8 heteroatoms. The van der Waals surface area contributed by atoms with Crippen molar-refractivity contribution in [2.24, 2.45) is 0 Å². The summed E-state index contributed by atoms with van der Waals surface area (Å²) < 4.78 is 5.01. The lowest BCUT2D eigenvalue weighted by Gasteiger charge is -2.09. The Morgan fingerprint density at radius 1 is 0.250 bits per heavy atom. The number of rotatable bonds is 6. The maximum atomic E-state index is 4.92. The molecule has 4 aromatic heterocycles. The van der Waals surface area contributed by atoms with Crippen LogP contribution in [0, 0.1) is 0 Å². The Kier molecular flexibility index (Phi) is 11.5. The largest absolute Gasteiger partial charge is 0.208 e. The first-order valence-electron chi connectivity index (χ1n) is 21.3. The van der Waals surface area contributed by atoms with Gasteiger partial charge in [-0.25, -0.2) is 29.9 Å². The van der Waals surface area contributed by atoms with Crippen LogP contribution in [0.2, 0.25) is 0 Å². The molecule has 12 aromatic rings. The minimum Gasteiger partial charge on any atom is -0.208 e. The molecule has 0 fully saturated rings. The highest BCUT2D eigenvalue weighted by Gasteiger charge is 2.18. The smallest absolute Gasteiger partial charge is 0.164 e. The number of nitrogens with zero attached hydrogens (tertiary/aromatic N) is 6. The van der Waals surface area contributed by atoms with Crippen molar-refractivity contribution in [3.63, 3.8) is 0 Å². The topological polar surface area (TPSA) is 77.3 Å². The molecule has 6 nitrogen and oxygen atoms in total. The molecule has 8 aromatic carbocycles. The Morgan fingerprint density at radius 2 is 0.516 bits per heavy atom. The van der Waals surface area contributed by atoms with E-state index in [1.807, 2.05) is 135 Å². The van der Waals surface area contributed by atoms with Crippen LogP contribution in [0.4, 0.5) is 0 Å². The maximum Gasteiger partial charge on any atom is 0.164 e. The summed E-state index contributed by atoms with van der Waals surface area (Å²) in [6.07, 6.45) is 0. The van der Waals surface area contributed by atoms with Crippen LogP contribution in [-0.4, -0.2) is 29.9 Å². The van der Waals surface area contributed by atoms with Crippen molar-refractivity contribution in [2.45, 2.75) is 13.8 Å². The van der Waals surface area contributed by atoms with E-state index in [0.29, 0.717) is 34.9 Å². The third kappa shape index (κ3) is 8.04. The van der Waals surface area contributed by atoms with E-state index in [1.54, 1.807) is 22.7 Å². The van der Waals surface area contributed by atoms with Gasteiger partial charge in [0.2, 0.25) is 0 Å². The van der Waals surface area contributed by atoms with Gasteiger partial charge in [0.25, 0.3) is 0 Å². The fraction of sp³-hybridized carbons (Fsp3) is 0.0357. The van der Waals surface area contributed by atoms with Crippen molar-refractivity contribution in [1.82, 2.24) is 29.9 Å². The SMILES string of the molecule is CC.c1ccc(-c2nc(-c3ccccc3)nc(-c3cccc4sc5ccccc5c34)n2)cc1.c1ccc(-c2nc(-c3ccccc3)nc(-c3cccc4sc5ccccc5c34)n2)cc1. The highest BCUT2D eigenvalue weighted by molar-refractivity contribution is 7.26. The second kappa shape index (κ2) is 18.3. The molecule has 64 heavy (non-hydrogen) atoms. The fourth-order valence-corrected chi connectivity index (χ4v) is 10.0. The van der Waals surface area contributed by atoms with Gasteiger partial charge in [-0.2, -0.15) is 0 Å². The van der Waals surface area contributed by atoms with Crippen molar-refractivity contribution >= 4 is 63.0 Å². The van der Waals surface area contributed by atoms with E-state index in [4.69, 9.17) is 29.9 Å². The quantitative estimate of drug-likeness (QED) is 0.166. The minimum atomic E-state index is 0.681. The third-order valence-electron chi connectivity index (χ3n) is 10.7. The van der Waals surface area contributed by atoms with Gasteiger partial charge in [0.05, 0.1) is 0 Å². The van der Waals surface area contributed by atoms with Gasteiger partial charge in [0, 0.05) is 73.7 Å². The van der Waals surface area contributed by atoms with Crippen molar-refractivity contribution in [3.8, 4) is 68.3 Å². The first-order valence-corrected chi connectivity index (χ1v) is 22.9. The summed E-state index contributed by atoms with van der Waals surface area (Å²) in [5, 5.41) is 4.88. The number of fused-ring (bicyclic) bond motifs is 6. The van der Waals surface area contributed by atoms with Crippen LogP contribution in [-0.2, 0) is 0 Å². The molecule has 0 bridgehead atoms. The predicted molar refractivity (Wildman–Crippen MR) is 269 cm³/mol. The number of aromatic nitrogens is 6. The predicted octanol–water partition coefficient (Wildman–Crippen LogP) is 15.5. The Hall–Kier alpha value is -7.78. The zero-order chi connectivity index (χ0) is 43.2. The maximum absolute atomic E-state index is 4.92. The van der Waals surface area contributed by atoms with Crippen LogP contribution in [0.1, 0.15) is 13.8 Å². The fourth-order valence-electron chi connectivity index (χ4n) is 7.78. The summed E-state index contributed by atoms with van der Waals surface area (Å²) in [6, 6.07) is 70.1. The lowest BCUT2D eigenvalue weighted by Crippen LogP contribution is -2.00. The monoisotopic (exact) mass is 860 g/mol. The van der Waals surface area contributed by atoms with E-state index in [1.165, 1.54) is 40.3 Å². The summed E-state index contributed by atoms with van der Waals surface area (Å²) in [6.45, 7) is 4.00. The molecule has 0 atom stereocenters. The van der Waals surface area contributed by atoms with Crippen LogP contribution in [0.3, 0.4) is 0 Å². The second-order valence-electron chi connectivity index (χ2n) is 14.6. The molecule has 0 spiro atoms. The van der Waals surface area contributed by atoms with Crippen molar-refractivity contribution in [3.05, 3.63) is 206 Å². The second-order valence-corrected chi connectivity index (χ2v) is 16.8. The number of thiophene rings is 2. The number of benzene rings is 8. The van der Waals surface area contributed by atoms with Crippen molar-refractivity contribution in [1.29, 1.82) is 0 Å². The molecule has 0 saturated carbocycles. The van der Waals surface area contributed by atoms with Gasteiger partial charge in [0.15, 0.2) is 34.9 Å². The van der Waals surface area contributed by atoms with Gasteiger partial charge in [-0.1, -0.05) is 196 Å². The van der Waals surface area contributed by atoms with Crippen LogP contribution in [0.25, 0.3) is 109 Å². The van der Waals surface area contributed by atoms with E-state index in [-0.39, 0.29) is 0 Å². The summed E-state index contributed by atoms with van der Waals surface area (Å²) in [4.78, 5) is 29.3. The van der Waals surface area contributed by atoms with Crippen LogP contribution < -0.4 is 0 Å². The summed E-state index contributed by atoms with van der Waals surface area (Å²) in [5.74, 6) is 4.12. The van der Waals surface area contributed by atoms with E-state index in [9.17, 15) is 0 Å². The van der Waals surface area contributed by atoms with Gasteiger partial charge >= 0.3 is 0 Å². The molecule has 0 unspecified atom stereocenters. The van der Waals surface area contributed by atoms with E-state index >= 15 is 0 Å². The molecule has 0 aliphatic carbocycles. The minimum absolute atomic E-state index is 0.681. The van der Waals surface area contributed by atoms with Gasteiger partial charge in [-0.05, 0) is 24.3 Å². The Bertz CT molecular complexity index is 3170.